The Kier molecular flexibility index (Phi) is 13.3. The lowest BCUT2D eigenvalue weighted by atomic mass is 10.0. The number of hydrogen-bond acceptors (Lipinski definition) is 4. The number of rotatable bonds is 5. The van der Waals surface area contributed by atoms with Crippen molar-refractivity contribution < 1.29 is 4.79 Å². The molecule has 27 heavy (non-hydrogen) atoms. The Morgan fingerprint density at radius 2 is 1.67 bits per heavy atom. The number of hydrogen-bond donors (Lipinski definition) is 2. The maximum absolute atomic E-state index is 12.2. The summed E-state index contributed by atoms with van der Waals surface area (Å²) in [6.07, 6.45) is 3.24. The van der Waals surface area contributed by atoms with Gasteiger partial charge in [-0.3, -0.25) is 9.69 Å². The molecule has 1 aromatic carbocycles. The van der Waals surface area contributed by atoms with Crippen molar-refractivity contribution in [2.75, 3.05) is 44.6 Å². The van der Waals surface area contributed by atoms with E-state index in [-0.39, 0.29) is 49.2 Å². The number of nitrogens with zero attached hydrogens (tertiary/aromatic N) is 2. The molecule has 2 heterocycles. The van der Waals surface area contributed by atoms with E-state index in [1.807, 2.05) is 12.1 Å². The Bertz CT molecular complexity index is 530. The van der Waals surface area contributed by atoms with Gasteiger partial charge in [-0.05, 0) is 43.6 Å². The molecule has 2 N–H and O–H groups in total. The Labute approximate surface area is 181 Å². The van der Waals surface area contributed by atoms with Gasteiger partial charge >= 0.3 is 0 Å². The summed E-state index contributed by atoms with van der Waals surface area (Å²) >= 11 is 0. The van der Waals surface area contributed by atoms with Crippen molar-refractivity contribution in [3.05, 3.63) is 29.8 Å². The molecule has 0 saturated carbocycles. The van der Waals surface area contributed by atoms with Gasteiger partial charge in [0.05, 0.1) is 6.04 Å². The van der Waals surface area contributed by atoms with Crippen LogP contribution in [-0.2, 0) is 11.3 Å². The second kappa shape index (κ2) is 13.6. The normalized spacial score (nSPS) is 20.6. The van der Waals surface area contributed by atoms with Gasteiger partial charge in [-0.1, -0.05) is 25.5 Å². The summed E-state index contributed by atoms with van der Waals surface area (Å²) < 4.78 is 0. The lowest BCUT2D eigenvalue weighted by Crippen LogP contribution is -2.45. The van der Waals surface area contributed by atoms with Crippen LogP contribution in [0.2, 0.25) is 0 Å². The molecule has 1 aromatic rings. The summed E-state index contributed by atoms with van der Waals surface area (Å²) in [6, 6.07) is 8.29. The van der Waals surface area contributed by atoms with Crippen LogP contribution in [0.1, 0.15) is 31.7 Å². The predicted octanol–water partition coefficient (Wildman–Crippen LogP) is 3.17. The summed E-state index contributed by atoms with van der Waals surface area (Å²) in [5.74, 6) is 0.0955. The number of amides is 1. The summed E-state index contributed by atoms with van der Waals surface area (Å²) in [5, 5.41) is 6.32. The van der Waals surface area contributed by atoms with Gasteiger partial charge in [-0.15, -0.1) is 37.2 Å². The van der Waals surface area contributed by atoms with Crippen LogP contribution in [-0.4, -0.2) is 61.0 Å². The topological polar surface area (TPSA) is 47.6 Å². The first kappa shape index (κ1) is 26.4. The van der Waals surface area contributed by atoms with E-state index >= 15 is 0 Å². The van der Waals surface area contributed by atoms with E-state index in [2.05, 4.69) is 39.5 Å². The van der Waals surface area contributed by atoms with E-state index in [0.29, 0.717) is 0 Å². The number of nitrogens with one attached hydrogen (secondary N) is 2. The first-order chi connectivity index (χ1) is 11.7. The van der Waals surface area contributed by atoms with Gasteiger partial charge in [0, 0.05) is 38.4 Å². The minimum Gasteiger partial charge on any atom is -0.325 e. The minimum atomic E-state index is -0.0340. The summed E-state index contributed by atoms with van der Waals surface area (Å²) in [6.45, 7) is 9.93. The van der Waals surface area contributed by atoms with Gasteiger partial charge < -0.3 is 15.5 Å². The zero-order valence-corrected chi connectivity index (χ0v) is 18.4. The number of halogens is 3. The van der Waals surface area contributed by atoms with Crippen molar-refractivity contribution in [1.29, 1.82) is 0 Å². The molecule has 0 radical (unpaired) electrons. The fraction of sp³-hybridized carbons (Fsp3) is 0.632. The standard InChI is InChI=1S/C19H30N4O.3ClH/c1-2-22-11-13-23(14-12-22)15-16-6-8-17(9-7-16)21-19(24)18-5-3-4-10-20-18;;;/h6-9,18,20H,2-5,10-15H2,1H3,(H,21,24);3*1H/t18-;;;/m1.../s1. The quantitative estimate of drug-likeness (QED) is 0.740. The Morgan fingerprint density at radius 1 is 1.04 bits per heavy atom. The SMILES string of the molecule is CCN1CCN(Cc2ccc(NC(=O)[C@H]3CCCCN3)cc2)CC1.Cl.Cl.Cl. The van der Waals surface area contributed by atoms with Crippen molar-refractivity contribution in [3.8, 4) is 0 Å². The average Bonchev–Trinajstić information content (AvgIpc) is 2.65. The van der Waals surface area contributed by atoms with E-state index in [1.165, 1.54) is 25.1 Å². The molecule has 1 atom stereocenters. The highest BCUT2D eigenvalue weighted by atomic mass is 35.5. The number of benzene rings is 1. The molecule has 0 aromatic heterocycles. The van der Waals surface area contributed by atoms with Gasteiger partial charge in [0.25, 0.3) is 0 Å². The van der Waals surface area contributed by atoms with E-state index in [1.54, 1.807) is 0 Å². The lowest BCUT2D eigenvalue weighted by Gasteiger charge is -2.34. The molecule has 1 amide bonds. The number of carbonyl (C=O) groups is 1. The number of piperazine rings is 1. The van der Waals surface area contributed by atoms with Gasteiger partial charge in [-0.2, -0.15) is 0 Å². The van der Waals surface area contributed by atoms with Crippen LogP contribution >= 0.6 is 37.2 Å². The molecule has 2 fully saturated rings. The monoisotopic (exact) mass is 438 g/mol. The number of carbonyl (C=O) groups excluding carboxylic acids is 1. The molecule has 5 nitrogen and oxygen atoms in total. The molecule has 156 valence electrons. The highest BCUT2D eigenvalue weighted by molar-refractivity contribution is 5.94. The van der Waals surface area contributed by atoms with Gasteiger partial charge in [0.2, 0.25) is 5.91 Å². The van der Waals surface area contributed by atoms with Crippen LogP contribution in [0.15, 0.2) is 24.3 Å². The average molecular weight is 440 g/mol. The van der Waals surface area contributed by atoms with E-state index in [0.717, 1.165) is 51.3 Å². The third kappa shape index (κ3) is 8.14. The lowest BCUT2D eigenvalue weighted by molar-refractivity contribution is -0.118. The summed E-state index contributed by atoms with van der Waals surface area (Å²) in [5.41, 5.74) is 2.21. The zero-order valence-electron chi connectivity index (χ0n) is 16.0. The maximum Gasteiger partial charge on any atom is 0.241 e. The van der Waals surface area contributed by atoms with Crippen LogP contribution in [0.3, 0.4) is 0 Å². The van der Waals surface area contributed by atoms with E-state index in [4.69, 9.17) is 0 Å². The largest absolute Gasteiger partial charge is 0.325 e. The Hall–Kier alpha value is -0.560. The third-order valence-electron chi connectivity index (χ3n) is 5.17. The second-order valence-corrected chi connectivity index (χ2v) is 6.90. The van der Waals surface area contributed by atoms with Crippen molar-refractivity contribution in [1.82, 2.24) is 15.1 Å². The smallest absolute Gasteiger partial charge is 0.241 e. The Morgan fingerprint density at radius 3 is 2.22 bits per heavy atom. The predicted molar refractivity (Wildman–Crippen MR) is 120 cm³/mol. The fourth-order valence-electron chi connectivity index (χ4n) is 3.52. The maximum atomic E-state index is 12.2. The summed E-state index contributed by atoms with van der Waals surface area (Å²) in [7, 11) is 0. The van der Waals surface area contributed by atoms with Crippen LogP contribution in [0, 0.1) is 0 Å². The van der Waals surface area contributed by atoms with Crippen LogP contribution in [0.4, 0.5) is 5.69 Å². The fourth-order valence-corrected chi connectivity index (χ4v) is 3.52. The van der Waals surface area contributed by atoms with Crippen LogP contribution in [0.5, 0.6) is 0 Å². The molecular weight excluding hydrogens is 407 g/mol. The minimum absolute atomic E-state index is 0. The van der Waals surface area contributed by atoms with E-state index < -0.39 is 0 Å². The van der Waals surface area contributed by atoms with Crippen molar-refractivity contribution in [2.24, 2.45) is 0 Å². The molecule has 2 aliphatic rings. The molecule has 0 spiro atoms. The summed E-state index contributed by atoms with van der Waals surface area (Å²) in [4.78, 5) is 17.2. The molecule has 2 aliphatic heterocycles. The van der Waals surface area contributed by atoms with Crippen molar-refractivity contribution in [3.63, 3.8) is 0 Å². The van der Waals surface area contributed by atoms with Crippen molar-refractivity contribution >= 4 is 48.8 Å². The van der Waals surface area contributed by atoms with Gasteiger partial charge in [0.1, 0.15) is 0 Å². The van der Waals surface area contributed by atoms with Crippen LogP contribution < -0.4 is 10.6 Å². The molecule has 0 unspecified atom stereocenters. The van der Waals surface area contributed by atoms with E-state index in [9.17, 15) is 4.79 Å². The zero-order chi connectivity index (χ0) is 16.8. The number of likely N-dealkylation sites (N-methyl/N-ethyl adjacent to an activating group) is 1. The number of anilines is 1. The molecule has 8 heteroatoms. The molecule has 2 saturated heterocycles. The van der Waals surface area contributed by atoms with Crippen LogP contribution in [0.25, 0.3) is 0 Å². The first-order valence-corrected chi connectivity index (χ1v) is 9.32. The highest BCUT2D eigenvalue weighted by Gasteiger charge is 2.20. The van der Waals surface area contributed by atoms with Crippen molar-refractivity contribution in [2.45, 2.75) is 38.8 Å². The second-order valence-electron chi connectivity index (χ2n) is 6.90. The molecule has 0 aliphatic carbocycles. The molecular formula is C19H33Cl3N4O. The van der Waals surface area contributed by atoms with Gasteiger partial charge in [-0.25, -0.2) is 0 Å². The first-order valence-electron chi connectivity index (χ1n) is 9.32. The molecule has 3 rings (SSSR count). The van der Waals surface area contributed by atoms with Gasteiger partial charge in [0.15, 0.2) is 0 Å². The Balaban J connectivity index is 0.00000225. The third-order valence-corrected chi connectivity index (χ3v) is 5.17. The highest BCUT2D eigenvalue weighted by Crippen LogP contribution is 2.15. The number of piperidine rings is 1. The molecule has 0 bridgehead atoms.